The minimum atomic E-state index is -0.599. The Balaban J connectivity index is 2.73. The lowest BCUT2D eigenvalue weighted by molar-refractivity contribution is -0.131. The fourth-order valence-corrected chi connectivity index (χ4v) is 1.90. The normalized spacial score (nSPS) is 19.2. The summed E-state index contributed by atoms with van der Waals surface area (Å²) in [5.74, 6) is 0.157. The number of ketones is 1. The number of nitriles is 1. The molecule has 1 saturated carbocycles. The van der Waals surface area contributed by atoms with Crippen LogP contribution in [-0.2, 0) is 4.79 Å². The molecular weight excluding hydrogens is 162 g/mol. The van der Waals surface area contributed by atoms with E-state index in [-0.39, 0.29) is 11.2 Å². The SMILES string of the molecule is CCCC(C)(C)C(=O)C1(C#N)CC1. The van der Waals surface area contributed by atoms with Crippen LogP contribution in [-0.4, -0.2) is 5.78 Å². The summed E-state index contributed by atoms with van der Waals surface area (Å²) in [4.78, 5) is 11.9. The van der Waals surface area contributed by atoms with Gasteiger partial charge in [0.05, 0.1) is 6.07 Å². The van der Waals surface area contributed by atoms with Crippen LogP contribution in [0.5, 0.6) is 0 Å². The molecule has 0 saturated heterocycles. The largest absolute Gasteiger partial charge is 0.297 e. The van der Waals surface area contributed by atoms with Gasteiger partial charge in [0.1, 0.15) is 5.41 Å². The van der Waals surface area contributed by atoms with Gasteiger partial charge in [0.2, 0.25) is 0 Å². The molecule has 0 atom stereocenters. The lowest BCUT2D eigenvalue weighted by atomic mass is 9.77. The fourth-order valence-electron chi connectivity index (χ4n) is 1.90. The van der Waals surface area contributed by atoms with Gasteiger partial charge in [-0.15, -0.1) is 0 Å². The Morgan fingerprint density at radius 2 is 2.08 bits per heavy atom. The molecule has 0 aliphatic heterocycles. The van der Waals surface area contributed by atoms with Gasteiger partial charge in [-0.2, -0.15) is 5.26 Å². The van der Waals surface area contributed by atoms with Gasteiger partial charge in [0, 0.05) is 5.41 Å². The molecule has 2 nitrogen and oxygen atoms in total. The molecule has 1 aliphatic carbocycles. The van der Waals surface area contributed by atoms with Crippen molar-refractivity contribution >= 4 is 5.78 Å². The van der Waals surface area contributed by atoms with E-state index in [2.05, 4.69) is 13.0 Å². The fraction of sp³-hybridized carbons (Fsp3) is 0.818. The van der Waals surface area contributed by atoms with Gasteiger partial charge in [-0.3, -0.25) is 4.79 Å². The van der Waals surface area contributed by atoms with Crippen LogP contribution in [0.15, 0.2) is 0 Å². The maximum Gasteiger partial charge on any atom is 0.158 e. The average molecular weight is 179 g/mol. The molecule has 1 rings (SSSR count). The van der Waals surface area contributed by atoms with Crippen molar-refractivity contribution in [3.63, 3.8) is 0 Å². The Morgan fingerprint density at radius 1 is 1.54 bits per heavy atom. The van der Waals surface area contributed by atoms with E-state index in [4.69, 9.17) is 5.26 Å². The van der Waals surface area contributed by atoms with Crippen LogP contribution >= 0.6 is 0 Å². The van der Waals surface area contributed by atoms with E-state index in [1.165, 1.54) is 0 Å². The van der Waals surface area contributed by atoms with E-state index in [1.54, 1.807) is 0 Å². The summed E-state index contributed by atoms with van der Waals surface area (Å²) in [7, 11) is 0. The van der Waals surface area contributed by atoms with E-state index >= 15 is 0 Å². The molecule has 13 heavy (non-hydrogen) atoms. The van der Waals surface area contributed by atoms with Crippen LogP contribution in [0, 0.1) is 22.2 Å². The van der Waals surface area contributed by atoms with Gasteiger partial charge in [-0.25, -0.2) is 0 Å². The second-order valence-corrected chi connectivity index (χ2v) is 4.66. The maximum atomic E-state index is 11.9. The van der Waals surface area contributed by atoms with Crippen molar-refractivity contribution in [3.05, 3.63) is 0 Å². The van der Waals surface area contributed by atoms with Crippen molar-refractivity contribution in [1.29, 1.82) is 5.26 Å². The smallest absolute Gasteiger partial charge is 0.158 e. The summed E-state index contributed by atoms with van der Waals surface area (Å²) in [6.07, 6.45) is 3.43. The predicted octanol–water partition coefficient (Wildman–Crippen LogP) is 2.69. The molecule has 0 aromatic heterocycles. The highest BCUT2D eigenvalue weighted by Crippen LogP contribution is 2.50. The average Bonchev–Trinajstić information content (AvgIpc) is 2.83. The van der Waals surface area contributed by atoms with Crippen molar-refractivity contribution in [3.8, 4) is 6.07 Å². The summed E-state index contributed by atoms with van der Waals surface area (Å²) in [6, 6.07) is 2.17. The van der Waals surface area contributed by atoms with Gasteiger partial charge in [0.25, 0.3) is 0 Å². The minimum absolute atomic E-state index is 0.157. The molecule has 1 fully saturated rings. The van der Waals surface area contributed by atoms with Crippen molar-refractivity contribution < 1.29 is 4.79 Å². The molecule has 1 aliphatic rings. The number of nitrogens with zero attached hydrogens (tertiary/aromatic N) is 1. The molecule has 0 aromatic carbocycles. The second kappa shape index (κ2) is 3.14. The molecular formula is C11H17NO. The molecule has 0 N–H and O–H groups in total. The number of rotatable bonds is 4. The van der Waals surface area contributed by atoms with Crippen LogP contribution in [0.1, 0.15) is 46.5 Å². The first kappa shape index (κ1) is 10.2. The molecule has 0 aromatic rings. The number of carbonyl (C=O) groups is 1. The number of Topliss-reactive ketones (excluding diaryl/α,β-unsaturated/α-hetero) is 1. The van der Waals surface area contributed by atoms with E-state index < -0.39 is 5.41 Å². The quantitative estimate of drug-likeness (QED) is 0.665. The Kier molecular flexibility index (Phi) is 2.47. The van der Waals surface area contributed by atoms with E-state index in [9.17, 15) is 4.79 Å². The predicted molar refractivity (Wildman–Crippen MR) is 51.0 cm³/mol. The maximum absolute atomic E-state index is 11.9. The van der Waals surface area contributed by atoms with Gasteiger partial charge in [-0.1, -0.05) is 27.2 Å². The third-order valence-corrected chi connectivity index (χ3v) is 2.89. The first-order chi connectivity index (χ1) is 5.98. The lowest BCUT2D eigenvalue weighted by Gasteiger charge is -2.24. The molecule has 0 bridgehead atoms. The van der Waals surface area contributed by atoms with E-state index in [0.717, 1.165) is 25.7 Å². The summed E-state index contributed by atoms with van der Waals surface area (Å²) >= 11 is 0. The van der Waals surface area contributed by atoms with Gasteiger partial charge in [0.15, 0.2) is 5.78 Å². The number of carbonyl (C=O) groups excluding carboxylic acids is 1. The molecule has 0 spiro atoms. The van der Waals surface area contributed by atoms with Crippen LogP contribution < -0.4 is 0 Å². The molecule has 0 heterocycles. The number of hydrogen-bond acceptors (Lipinski definition) is 2. The summed E-state index contributed by atoms with van der Waals surface area (Å²) in [5, 5.41) is 8.89. The highest BCUT2D eigenvalue weighted by molar-refractivity contribution is 5.94. The number of hydrogen-bond donors (Lipinski definition) is 0. The van der Waals surface area contributed by atoms with Crippen LogP contribution in [0.3, 0.4) is 0 Å². The third kappa shape index (κ3) is 1.75. The Labute approximate surface area is 79.9 Å². The first-order valence-electron chi connectivity index (χ1n) is 4.95. The minimum Gasteiger partial charge on any atom is -0.297 e. The van der Waals surface area contributed by atoms with Crippen LogP contribution in [0.2, 0.25) is 0 Å². The molecule has 0 radical (unpaired) electrons. The summed E-state index contributed by atoms with van der Waals surface area (Å²) < 4.78 is 0. The monoisotopic (exact) mass is 179 g/mol. The Morgan fingerprint density at radius 3 is 2.38 bits per heavy atom. The topological polar surface area (TPSA) is 40.9 Å². The highest BCUT2D eigenvalue weighted by atomic mass is 16.1. The molecule has 0 unspecified atom stereocenters. The Hall–Kier alpha value is -0.840. The van der Waals surface area contributed by atoms with Gasteiger partial charge < -0.3 is 0 Å². The zero-order chi connectivity index (χ0) is 10.1. The van der Waals surface area contributed by atoms with Crippen LogP contribution in [0.25, 0.3) is 0 Å². The standard InChI is InChI=1S/C11H17NO/c1-4-5-10(2,3)9(13)11(8-12)6-7-11/h4-7H2,1-3H3. The first-order valence-corrected chi connectivity index (χ1v) is 4.95. The van der Waals surface area contributed by atoms with Crippen molar-refractivity contribution in [2.24, 2.45) is 10.8 Å². The highest BCUT2D eigenvalue weighted by Gasteiger charge is 2.54. The Bertz CT molecular complexity index is 256. The third-order valence-electron chi connectivity index (χ3n) is 2.89. The summed E-state index contributed by atoms with van der Waals surface area (Å²) in [5.41, 5.74) is -0.903. The summed E-state index contributed by atoms with van der Waals surface area (Å²) in [6.45, 7) is 5.98. The second-order valence-electron chi connectivity index (χ2n) is 4.66. The molecule has 0 amide bonds. The van der Waals surface area contributed by atoms with Crippen molar-refractivity contribution in [2.45, 2.75) is 46.5 Å². The van der Waals surface area contributed by atoms with Crippen molar-refractivity contribution in [2.75, 3.05) is 0 Å². The zero-order valence-corrected chi connectivity index (χ0v) is 8.68. The molecule has 72 valence electrons. The van der Waals surface area contributed by atoms with E-state index in [1.807, 2.05) is 13.8 Å². The lowest BCUT2D eigenvalue weighted by Crippen LogP contribution is -2.31. The van der Waals surface area contributed by atoms with Crippen LogP contribution in [0.4, 0.5) is 0 Å². The van der Waals surface area contributed by atoms with Gasteiger partial charge in [-0.05, 0) is 19.3 Å². The van der Waals surface area contributed by atoms with E-state index in [0.29, 0.717) is 0 Å². The molecule has 2 heteroatoms. The van der Waals surface area contributed by atoms with Crippen molar-refractivity contribution in [1.82, 2.24) is 0 Å². The zero-order valence-electron chi connectivity index (χ0n) is 8.68. The van der Waals surface area contributed by atoms with Gasteiger partial charge >= 0.3 is 0 Å².